The average Bonchev–Trinajstić information content (AvgIpc) is 3.45. The lowest BCUT2D eigenvalue weighted by molar-refractivity contribution is -0.150. The molecule has 5 rings (SSSR count). The third-order valence-electron chi connectivity index (χ3n) is 8.59. The van der Waals surface area contributed by atoms with E-state index >= 15 is 0 Å². The van der Waals surface area contributed by atoms with Gasteiger partial charge in [-0.25, -0.2) is 4.68 Å². The molecule has 1 aliphatic rings. The predicted octanol–water partition coefficient (Wildman–Crippen LogP) is 6.84. The minimum atomic E-state index is -4.63. The normalized spacial score (nSPS) is 18.3. The van der Waals surface area contributed by atoms with Gasteiger partial charge in [0.2, 0.25) is 0 Å². The molecule has 0 aliphatic heterocycles. The van der Waals surface area contributed by atoms with E-state index in [2.05, 4.69) is 30.0 Å². The smallest absolute Gasteiger partial charge is 0.416 e. The van der Waals surface area contributed by atoms with E-state index in [4.69, 9.17) is 9.47 Å². The van der Waals surface area contributed by atoms with Crippen molar-refractivity contribution in [2.45, 2.75) is 57.7 Å². The molecule has 0 saturated heterocycles. The number of carbonyl (C=O) groups excluding carboxylic acids is 2. The molecule has 3 atom stereocenters. The number of ketones is 1. The van der Waals surface area contributed by atoms with Gasteiger partial charge < -0.3 is 9.47 Å². The SMILES string of the molecule is C[Si](C)(C)CCOC(=O)C1C(Cn2nnc3ccc(C(F)(F)F)cc3c2=O)CCC1C(=O)c1ccc(OCCc2ccccc2)cc1. The zero-order chi connectivity index (χ0) is 33.8. The summed E-state index contributed by atoms with van der Waals surface area (Å²) in [7, 11) is -1.52. The van der Waals surface area contributed by atoms with E-state index in [1.54, 1.807) is 24.3 Å². The molecule has 0 bridgehead atoms. The topological polar surface area (TPSA) is 100 Å². The summed E-state index contributed by atoms with van der Waals surface area (Å²) in [5.41, 5.74) is -0.100. The highest BCUT2D eigenvalue weighted by atomic mass is 28.3. The van der Waals surface area contributed by atoms with Crippen LogP contribution in [0.25, 0.3) is 10.9 Å². The zero-order valence-corrected chi connectivity index (χ0v) is 27.6. The van der Waals surface area contributed by atoms with Crippen molar-refractivity contribution in [3.63, 3.8) is 0 Å². The molecule has 0 N–H and O–H groups in total. The molecule has 0 amide bonds. The number of nitrogens with zero attached hydrogens (tertiary/aromatic N) is 3. The number of alkyl halides is 3. The molecule has 1 fully saturated rings. The summed E-state index contributed by atoms with van der Waals surface area (Å²) >= 11 is 0. The fourth-order valence-electron chi connectivity index (χ4n) is 5.95. The molecule has 4 aromatic rings. The number of esters is 1. The van der Waals surface area contributed by atoms with Crippen LogP contribution in [0.2, 0.25) is 25.7 Å². The lowest BCUT2D eigenvalue weighted by Gasteiger charge is -2.24. The molecule has 0 spiro atoms. The first-order valence-electron chi connectivity index (χ1n) is 15.7. The highest BCUT2D eigenvalue weighted by molar-refractivity contribution is 6.76. The van der Waals surface area contributed by atoms with Crippen molar-refractivity contribution in [3.8, 4) is 5.75 Å². The minimum Gasteiger partial charge on any atom is -0.493 e. The average molecular weight is 666 g/mol. The van der Waals surface area contributed by atoms with Gasteiger partial charge in [-0.15, -0.1) is 5.10 Å². The van der Waals surface area contributed by atoms with E-state index in [9.17, 15) is 27.6 Å². The van der Waals surface area contributed by atoms with Crippen LogP contribution in [-0.2, 0) is 28.7 Å². The van der Waals surface area contributed by atoms with Gasteiger partial charge in [0.05, 0.1) is 36.6 Å². The number of Topliss-reactive ketones (excluding diaryl/α,β-unsaturated/α-hetero) is 1. The van der Waals surface area contributed by atoms with Gasteiger partial charge in [0.15, 0.2) is 5.78 Å². The molecular formula is C35H38F3N3O5Si. The van der Waals surface area contributed by atoms with Crippen LogP contribution in [0.15, 0.2) is 77.6 Å². The van der Waals surface area contributed by atoms with Crippen LogP contribution in [0.3, 0.4) is 0 Å². The summed E-state index contributed by atoms with van der Waals surface area (Å²) in [5.74, 6) is -2.21. The predicted molar refractivity (Wildman–Crippen MR) is 174 cm³/mol. The molecule has 12 heteroatoms. The van der Waals surface area contributed by atoms with Crippen LogP contribution in [0.1, 0.15) is 34.3 Å². The number of fused-ring (bicyclic) bond motifs is 1. The van der Waals surface area contributed by atoms with Gasteiger partial charge in [0.25, 0.3) is 5.56 Å². The highest BCUT2D eigenvalue weighted by Crippen LogP contribution is 2.41. The lowest BCUT2D eigenvalue weighted by atomic mass is 9.84. The van der Waals surface area contributed by atoms with Gasteiger partial charge in [-0.3, -0.25) is 14.4 Å². The second kappa shape index (κ2) is 14.2. The van der Waals surface area contributed by atoms with Crippen molar-refractivity contribution in [2.24, 2.45) is 17.8 Å². The molecule has 3 unspecified atom stereocenters. The van der Waals surface area contributed by atoms with E-state index < -0.39 is 49.1 Å². The van der Waals surface area contributed by atoms with E-state index in [-0.39, 0.29) is 29.8 Å². The summed E-state index contributed by atoms with van der Waals surface area (Å²) in [6.45, 7) is 7.09. The fraction of sp³-hybridized carbons (Fsp3) is 0.400. The van der Waals surface area contributed by atoms with Crippen molar-refractivity contribution in [2.75, 3.05) is 13.2 Å². The number of benzene rings is 3. The molecule has 3 aromatic carbocycles. The van der Waals surface area contributed by atoms with Crippen LogP contribution >= 0.6 is 0 Å². The largest absolute Gasteiger partial charge is 0.493 e. The van der Waals surface area contributed by atoms with E-state index in [1.807, 2.05) is 30.3 Å². The molecule has 8 nitrogen and oxygen atoms in total. The third kappa shape index (κ3) is 8.53. The summed E-state index contributed by atoms with van der Waals surface area (Å²) in [6.07, 6.45) is -3.11. The Hall–Kier alpha value is -4.32. The second-order valence-corrected chi connectivity index (χ2v) is 18.8. The Morgan fingerprint density at radius 1 is 0.957 bits per heavy atom. The Bertz CT molecular complexity index is 1770. The molecule has 47 heavy (non-hydrogen) atoms. The zero-order valence-electron chi connectivity index (χ0n) is 26.6. The van der Waals surface area contributed by atoms with Crippen LogP contribution in [0.5, 0.6) is 5.75 Å². The van der Waals surface area contributed by atoms with E-state index in [0.29, 0.717) is 30.8 Å². The monoisotopic (exact) mass is 665 g/mol. The standard InChI is InChI=1S/C35H38F3N3O5Si/c1-47(2,3)20-19-46-34(44)31-25(22-41-33(43)29-21-26(35(36,37)38)12-16-30(29)39-40-41)11-15-28(31)32(42)24-9-13-27(14-10-24)45-18-17-23-7-5-4-6-8-23/h4-10,12-14,16,21,25,28,31H,11,15,17-20,22H2,1-3H3. The first kappa shape index (κ1) is 34.0. The maximum atomic E-state index is 13.8. The number of rotatable bonds is 12. The van der Waals surface area contributed by atoms with Crippen molar-refractivity contribution in [1.29, 1.82) is 0 Å². The van der Waals surface area contributed by atoms with Crippen molar-refractivity contribution >= 4 is 30.7 Å². The van der Waals surface area contributed by atoms with Gasteiger partial charge in [0.1, 0.15) is 11.3 Å². The third-order valence-corrected chi connectivity index (χ3v) is 10.3. The van der Waals surface area contributed by atoms with Crippen LogP contribution in [-0.4, -0.2) is 48.0 Å². The van der Waals surface area contributed by atoms with Crippen LogP contribution in [0, 0.1) is 17.8 Å². The van der Waals surface area contributed by atoms with Crippen molar-refractivity contribution in [1.82, 2.24) is 15.0 Å². The maximum absolute atomic E-state index is 13.8. The summed E-state index contributed by atoms with van der Waals surface area (Å²) in [4.78, 5) is 40.7. The van der Waals surface area contributed by atoms with Gasteiger partial charge in [-0.2, -0.15) is 13.2 Å². The number of aromatic nitrogens is 3. The molecule has 0 radical (unpaired) electrons. The lowest BCUT2D eigenvalue weighted by Crippen LogP contribution is -2.36. The summed E-state index contributed by atoms with van der Waals surface area (Å²) < 4.78 is 52.6. The molecule has 1 saturated carbocycles. The van der Waals surface area contributed by atoms with E-state index in [1.165, 1.54) is 0 Å². The number of hydrogen-bond donors (Lipinski definition) is 0. The Balaban J connectivity index is 1.34. The summed E-state index contributed by atoms with van der Waals surface area (Å²) in [6, 6.07) is 20.2. The first-order valence-corrected chi connectivity index (χ1v) is 19.4. The van der Waals surface area contributed by atoms with E-state index in [0.717, 1.165) is 40.9 Å². The Kier molecular flexibility index (Phi) is 10.3. The molecule has 1 heterocycles. The van der Waals surface area contributed by atoms with Crippen LogP contribution < -0.4 is 10.3 Å². The molecule has 1 aliphatic carbocycles. The van der Waals surface area contributed by atoms with Gasteiger partial charge in [-0.1, -0.05) is 55.2 Å². The molecular weight excluding hydrogens is 627 g/mol. The molecule has 1 aromatic heterocycles. The van der Waals surface area contributed by atoms with Crippen LogP contribution in [0.4, 0.5) is 13.2 Å². The summed E-state index contributed by atoms with van der Waals surface area (Å²) in [5, 5.41) is 7.69. The quantitative estimate of drug-likeness (QED) is 0.0928. The van der Waals surface area contributed by atoms with Crippen molar-refractivity contribution in [3.05, 3.63) is 99.8 Å². The number of carbonyl (C=O) groups is 2. The number of halogens is 3. The van der Waals surface area contributed by atoms with Gasteiger partial charge in [-0.05, 0) is 72.8 Å². The Morgan fingerprint density at radius 2 is 1.68 bits per heavy atom. The Labute approximate surface area is 271 Å². The minimum absolute atomic E-state index is 0.0357. The number of hydrogen-bond acceptors (Lipinski definition) is 7. The van der Waals surface area contributed by atoms with Gasteiger partial charge in [0, 0.05) is 26.0 Å². The number of ether oxygens (including phenoxy) is 2. The molecule has 248 valence electrons. The fourth-order valence-corrected chi connectivity index (χ4v) is 6.66. The first-order chi connectivity index (χ1) is 22.3. The highest BCUT2D eigenvalue weighted by Gasteiger charge is 2.46. The van der Waals surface area contributed by atoms with Crippen molar-refractivity contribution < 1.29 is 32.2 Å². The van der Waals surface area contributed by atoms with Gasteiger partial charge >= 0.3 is 12.1 Å². The Morgan fingerprint density at radius 3 is 2.36 bits per heavy atom. The second-order valence-electron chi connectivity index (χ2n) is 13.2. The maximum Gasteiger partial charge on any atom is 0.416 e.